The van der Waals surface area contributed by atoms with Crippen molar-refractivity contribution >= 4 is 23.2 Å². The average molecular weight is 443 g/mol. The lowest BCUT2D eigenvalue weighted by Gasteiger charge is -2.10. The quantitative estimate of drug-likeness (QED) is 0.215. The predicted molar refractivity (Wildman–Crippen MR) is 120 cm³/mol. The highest BCUT2D eigenvalue weighted by atomic mass is 32.2. The molecule has 0 saturated heterocycles. The van der Waals surface area contributed by atoms with E-state index < -0.39 is 4.92 Å². The van der Waals surface area contributed by atoms with Crippen LogP contribution in [-0.4, -0.2) is 25.5 Å². The summed E-state index contributed by atoms with van der Waals surface area (Å²) in [7, 11) is 0. The van der Waals surface area contributed by atoms with Crippen LogP contribution >= 0.6 is 11.8 Å². The van der Waals surface area contributed by atoms with Gasteiger partial charge in [0, 0.05) is 28.8 Å². The molecule has 158 valence electrons. The van der Waals surface area contributed by atoms with E-state index >= 15 is 0 Å². The van der Waals surface area contributed by atoms with Gasteiger partial charge in [-0.1, -0.05) is 48.5 Å². The molecule has 1 aromatic heterocycles. The van der Waals surface area contributed by atoms with Gasteiger partial charge >= 0.3 is 0 Å². The smallest absolute Gasteiger partial charge is 0.284 e. The van der Waals surface area contributed by atoms with Crippen LogP contribution in [0.3, 0.4) is 0 Å². The lowest BCUT2D eigenvalue weighted by atomic mass is 10.0. The van der Waals surface area contributed by atoms with Crippen LogP contribution < -0.4 is 0 Å². The van der Waals surface area contributed by atoms with Crippen molar-refractivity contribution < 1.29 is 9.72 Å². The number of carbonyl (C=O) groups excluding carboxylic acids is 1. The molecule has 5 rings (SSSR count). The highest BCUT2D eigenvalue weighted by molar-refractivity contribution is 7.99. The summed E-state index contributed by atoms with van der Waals surface area (Å²) in [5.74, 6) is 0.976. The van der Waals surface area contributed by atoms with Crippen molar-refractivity contribution in [3.05, 3.63) is 106 Å². The first-order valence-electron chi connectivity index (χ1n) is 10.2. The van der Waals surface area contributed by atoms with Crippen LogP contribution in [0.4, 0.5) is 5.69 Å². The van der Waals surface area contributed by atoms with Crippen molar-refractivity contribution in [1.29, 1.82) is 0 Å². The number of nitro benzene ring substituents is 1. The fourth-order valence-corrected chi connectivity index (χ4v) is 4.46. The molecule has 0 atom stereocenters. The van der Waals surface area contributed by atoms with Crippen molar-refractivity contribution in [2.75, 3.05) is 0 Å². The highest BCUT2D eigenvalue weighted by Crippen LogP contribution is 2.43. The minimum Gasteiger partial charge on any atom is -0.289 e. The Morgan fingerprint density at radius 1 is 0.938 bits per heavy atom. The molecule has 8 heteroatoms. The van der Waals surface area contributed by atoms with E-state index in [1.54, 1.807) is 36.4 Å². The molecule has 0 N–H and O–H groups in total. The number of para-hydroxylation sites is 1. The molecule has 32 heavy (non-hydrogen) atoms. The standard InChI is InChI=1S/C24H18N4O3S/c29-22(16-7-3-1-4-8-16)18-13-14-21(20(15-18)28(30)31)32-24-26-25-23(17-11-12-17)27(24)19-9-5-2-6-10-19/h1-10,13-15,17H,11-12H2. The van der Waals surface area contributed by atoms with E-state index in [2.05, 4.69) is 10.2 Å². The number of ketones is 1. The largest absolute Gasteiger partial charge is 0.289 e. The van der Waals surface area contributed by atoms with E-state index in [9.17, 15) is 14.9 Å². The predicted octanol–water partition coefficient (Wildman–Crippen LogP) is 5.44. The molecule has 1 fully saturated rings. The number of aromatic nitrogens is 3. The van der Waals surface area contributed by atoms with E-state index in [1.807, 2.05) is 41.0 Å². The Hall–Kier alpha value is -3.78. The van der Waals surface area contributed by atoms with Crippen LogP contribution in [0.5, 0.6) is 0 Å². The number of carbonyl (C=O) groups is 1. The van der Waals surface area contributed by atoms with Crippen LogP contribution in [0.15, 0.2) is 88.9 Å². The third-order valence-electron chi connectivity index (χ3n) is 5.27. The normalized spacial score (nSPS) is 13.1. The maximum atomic E-state index is 12.8. The molecule has 4 aromatic rings. The Balaban J connectivity index is 1.53. The topological polar surface area (TPSA) is 90.9 Å². The zero-order valence-corrected chi connectivity index (χ0v) is 17.7. The number of nitro groups is 1. The monoisotopic (exact) mass is 442 g/mol. The first-order chi connectivity index (χ1) is 15.6. The van der Waals surface area contributed by atoms with Gasteiger partial charge in [-0.2, -0.15) is 0 Å². The van der Waals surface area contributed by atoms with Crippen molar-refractivity contribution in [3.8, 4) is 5.69 Å². The van der Waals surface area contributed by atoms with Crippen LogP contribution in [0, 0.1) is 10.1 Å². The first kappa shape index (κ1) is 20.1. The van der Waals surface area contributed by atoms with Crippen molar-refractivity contribution in [1.82, 2.24) is 14.8 Å². The minimum atomic E-state index is -0.463. The highest BCUT2D eigenvalue weighted by Gasteiger charge is 2.31. The summed E-state index contributed by atoms with van der Waals surface area (Å²) in [6.45, 7) is 0. The zero-order valence-electron chi connectivity index (χ0n) is 16.9. The second kappa shape index (κ2) is 8.39. The molecule has 0 radical (unpaired) electrons. The van der Waals surface area contributed by atoms with E-state index in [0.717, 1.165) is 24.4 Å². The molecular weight excluding hydrogens is 424 g/mol. The molecule has 1 heterocycles. The van der Waals surface area contributed by atoms with Gasteiger partial charge in [-0.3, -0.25) is 19.5 Å². The zero-order chi connectivity index (χ0) is 22.1. The van der Waals surface area contributed by atoms with Crippen molar-refractivity contribution in [3.63, 3.8) is 0 Å². The molecule has 1 aliphatic rings. The number of rotatable bonds is 7. The van der Waals surface area contributed by atoms with Gasteiger partial charge in [0.1, 0.15) is 5.82 Å². The lowest BCUT2D eigenvalue weighted by molar-refractivity contribution is -0.387. The number of benzene rings is 3. The minimum absolute atomic E-state index is 0.132. The van der Waals surface area contributed by atoms with Crippen molar-refractivity contribution in [2.24, 2.45) is 0 Å². The lowest BCUT2D eigenvalue weighted by Crippen LogP contribution is -2.04. The Labute approximate surface area is 188 Å². The maximum absolute atomic E-state index is 12.8. The third-order valence-corrected chi connectivity index (χ3v) is 6.28. The summed E-state index contributed by atoms with van der Waals surface area (Å²) in [5, 5.41) is 21.1. The van der Waals surface area contributed by atoms with Gasteiger partial charge in [-0.15, -0.1) is 10.2 Å². The number of hydrogen-bond acceptors (Lipinski definition) is 6. The fourth-order valence-electron chi connectivity index (χ4n) is 3.52. The fraction of sp³-hybridized carbons (Fsp3) is 0.125. The van der Waals surface area contributed by atoms with Gasteiger partial charge in [0.05, 0.1) is 9.82 Å². The maximum Gasteiger partial charge on any atom is 0.284 e. The second-order valence-corrected chi connectivity index (χ2v) is 8.53. The van der Waals surface area contributed by atoms with Gasteiger partial charge in [0.2, 0.25) is 5.16 Å². The first-order valence-corrected chi connectivity index (χ1v) is 11.0. The molecule has 0 amide bonds. The van der Waals surface area contributed by atoms with Crippen LogP contribution in [0.2, 0.25) is 0 Å². The van der Waals surface area contributed by atoms with E-state index in [1.165, 1.54) is 17.8 Å². The Morgan fingerprint density at radius 2 is 1.62 bits per heavy atom. The SMILES string of the molecule is O=C(c1ccccc1)c1ccc(Sc2nnc(C3CC3)n2-c2ccccc2)c([N+](=O)[O-])c1. The van der Waals surface area contributed by atoms with Gasteiger partial charge in [-0.25, -0.2) is 0 Å². The summed E-state index contributed by atoms with van der Waals surface area (Å²) >= 11 is 1.18. The third kappa shape index (κ3) is 3.92. The Kier molecular flexibility index (Phi) is 5.28. The molecule has 3 aromatic carbocycles. The molecule has 0 unspecified atom stereocenters. The van der Waals surface area contributed by atoms with E-state index in [0.29, 0.717) is 21.5 Å². The van der Waals surface area contributed by atoms with Gasteiger partial charge in [0.15, 0.2) is 5.78 Å². The second-order valence-electron chi connectivity index (χ2n) is 7.52. The van der Waals surface area contributed by atoms with Crippen LogP contribution in [-0.2, 0) is 0 Å². The molecule has 0 bridgehead atoms. The summed E-state index contributed by atoms with van der Waals surface area (Å²) in [4.78, 5) is 24.5. The molecule has 7 nitrogen and oxygen atoms in total. The summed E-state index contributed by atoms with van der Waals surface area (Å²) < 4.78 is 1.97. The molecule has 0 aliphatic heterocycles. The number of nitrogens with zero attached hydrogens (tertiary/aromatic N) is 4. The van der Waals surface area contributed by atoms with Gasteiger partial charge < -0.3 is 0 Å². The molecular formula is C24H18N4O3S. The van der Waals surface area contributed by atoms with Crippen LogP contribution in [0.1, 0.15) is 40.5 Å². The van der Waals surface area contributed by atoms with E-state index in [-0.39, 0.29) is 17.0 Å². The van der Waals surface area contributed by atoms with Crippen LogP contribution in [0.25, 0.3) is 5.69 Å². The van der Waals surface area contributed by atoms with E-state index in [4.69, 9.17) is 0 Å². The Bertz CT molecular complexity index is 1300. The summed E-state index contributed by atoms with van der Waals surface area (Å²) in [6, 6.07) is 23.0. The van der Waals surface area contributed by atoms with Gasteiger partial charge in [0.25, 0.3) is 5.69 Å². The molecule has 0 spiro atoms. The number of hydrogen-bond donors (Lipinski definition) is 0. The Morgan fingerprint density at radius 3 is 2.28 bits per heavy atom. The summed E-state index contributed by atoms with van der Waals surface area (Å²) in [5.41, 5.74) is 1.54. The van der Waals surface area contributed by atoms with Gasteiger partial charge in [-0.05, 0) is 48.9 Å². The summed E-state index contributed by atoms with van der Waals surface area (Å²) in [6.07, 6.45) is 2.12. The average Bonchev–Trinajstić information content (AvgIpc) is 3.60. The molecule has 1 aliphatic carbocycles. The van der Waals surface area contributed by atoms with Crippen molar-refractivity contribution in [2.45, 2.75) is 28.8 Å². The molecule has 1 saturated carbocycles.